The molecule has 1 aliphatic heterocycles. The highest BCUT2D eigenvalue weighted by molar-refractivity contribution is 7.52. The van der Waals surface area contributed by atoms with Crippen LogP contribution < -0.4 is 5.32 Å². The van der Waals surface area contributed by atoms with Crippen molar-refractivity contribution in [3.05, 3.63) is 11.1 Å². The van der Waals surface area contributed by atoms with E-state index >= 15 is 0 Å². The Morgan fingerprint density at radius 3 is 2.71 bits per heavy atom. The Morgan fingerprint density at radius 2 is 2.12 bits per heavy atom. The van der Waals surface area contributed by atoms with Crippen molar-refractivity contribution in [2.24, 2.45) is 0 Å². The van der Waals surface area contributed by atoms with Gasteiger partial charge in [0.05, 0.1) is 5.66 Å². The fraction of sp³-hybridized carbons (Fsp3) is 0.700. The van der Waals surface area contributed by atoms with Crippen LogP contribution in [0.25, 0.3) is 0 Å². The molecule has 1 heterocycles. The molecule has 0 aromatic heterocycles. The summed E-state index contributed by atoms with van der Waals surface area (Å²) in [7, 11) is -4.17. The Bertz CT molecular complexity index is 413. The minimum absolute atomic E-state index is 0.209. The van der Waals surface area contributed by atoms with E-state index in [2.05, 4.69) is 5.32 Å². The van der Waals surface area contributed by atoms with E-state index in [4.69, 9.17) is 5.11 Å². The first-order chi connectivity index (χ1) is 7.89. The maximum Gasteiger partial charge on any atom is 0.332 e. The largest absolute Gasteiger partial charge is 0.480 e. The van der Waals surface area contributed by atoms with E-state index < -0.39 is 25.3 Å². The third-order valence-electron chi connectivity index (χ3n) is 3.50. The summed E-state index contributed by atoms with van der Waals surface area (Å²) in [5, 5.41) is 11.8. The van der Waals surface area contributed by atoms with Gasteiger partial charge in [0.15, 0.2) is 0 Å². The number of rotatable bonds is 2. The quantitative estimate of drug-likeness (QED) is 0.425. The number of carboxylic acid groups (broad SMARTS) is 1. The summed E-state index contributed by atoms with van der Waals surface area (Å²) in [6.45, 7) is 0.433. The molecule has 0 saturated carbocycles. The number of carboxylic acids is 1. The molecule has 0 amide bonds. The van der Waals surface area contributed by atoms with Gasteiger partial charge in [-0.2, -0.15) is 0 Å². The molecule has 2 atom stereocenters. The van der Waals surface area contributed by atoms with Crippen molar-refractivity contribution < 1.29 is 24.3 Å². The Labute approximate surface area is 98.9 Å². The summed E-state index contributed by atoms with van der Waals surface area (Å²) in [6.07, 6.45) is 2.23. The van der Waals surface area contributed by atoms with Crippen molar-refractivity contribution in [3.63, 3.8) is 0 Å². The van der Waals surface area contributed by atoms with Gasteiger partial charge in [0.1, 0.15) is 6.04 Å². The normalized spacial score (nSPS) is 30.0. The van der Waals surface area contributed by atoms with Crippen LogP contribution in [0.5, 0.6) is 0 Å². The Balaban J connectivity index is 2.28. The van der Waals surface area contributed by atoms with Crippen LogP contribution in [0, 0.1) is 0 Å². The van der Waals surface area contributed by atoms with E-state index in [0.29, 0.717) is 18.5 Å². The topological polar surface area (TPSA) is 107 Å². The molecule has 2 aliphatic rings. The van der Waals surface area contributed by atoms with Crippen LogP contribution in [0.2, 0.25) is 0 Å². The lowest BCUT2D eigenvalue weighted by molar-refractivity contribution is -0.139. The zero-order valence-corrected chi connectivity index (χ0v) is 10.2. The molecule has 96 valence electrons. The van der Waals surface area contributed by atoms with E-state index in [-0.39, 0.29) is 6.42 Å². The standard InChI is InChI=1S/C10H16NO5P/c12-10(13)8-4-7-6(5-11-8)2-1-3-9(7)17(14,15)16/h8-9,11H,1-5H2,(H,12,13)(H2,14,15,16). The van der Waals surface area contributed by atoms with E-state index in [1.54, 1.807) is 0 Å². The van der Waals surface area contributed by atoms with Gasteiger partial charge in [0, 0.05) is 6.54 Å². The highest BCUT2D eigenvalue weighted by Crippen LogP contribution is 2.51. The molecule has 0 fully saturated rings. The van der Waals surface area contributed by atoms with Gasteiger partial charge in [0.25, 0.3) is 0 Å². The Hall–Kier alpha value is -0.680. The van der Waals surface area contributed by atoms with Crippen LogP contribution >= 0.6 is 7.60 Å². The molecular weight excluding hydrogens is 245 g/mol. The molecule has 2 unspecified atom stereocenters. The minimum atomic E-state index is -4.17. The first-order valence-corrected chi connectivity index (χ1v) is 7.30. The van der Waals surface area contributed by atoms with Crippen molar-refractivity contribution in [3.8, 4) is 0 Å². The molecule has 17 heavy (non-hydrogen) atoms. The van der Waals surface area contributed by atoms with E-state index in [1.807, 2.05) is 0 Å². The van der Waals surface area contributed by atoms with Crippen LogP contribution in [0.3, 0.4) is 0 Å². The highest BCUT2D eigenvalue weighted by atomic mass is 31.2. The smallest absolute Gasteiger partial charge is 0.332 e. The molecular formula is C10H16NO5P. The lowest BCUT2D eigenvalue weighted by Gasteiger charge is -2.34. The van der Waals surface area contributed by atoms with Gasteiger partial charge >= 0.3 is 13.6 Å². The van der Waals surface area contributed by atoms with Crippen LogP contribution in [-0.4, -0.2) is 39.1 Å². The number of carbonyl (C=O) groups is 1. The molecule has 0 saturated heterocycles. The van der Waals surface area contributed by atoms with Crippen LogP contribution in [-0.2, 0) is 9.36 Å². The summed E-state index contributed by atoms with van der Waals surface area (Å²) in [6, 6.07) is -0.721. The fourth-order valence-corrected chi connectivity index (χ4v) is 3.86. The van der Waals surface area contributed by atoms with Crippen molar-refractivity contribution in [1.82, 2.24) is 5.32 Å². The molecule has 2 rings (SSSR count). The molecule has 0 radical (unpaired) electrons. The number of hydrogen-bond acceptors (Lipinski definition) is 3. The third-order valence-corrected chi connectivity index (χ3v) is 4.88. The number of aliphatic carboxylic acids is 1. The predicted molar refractivity (Wildman–Crippen MR) is 60.8 cm³/mol. The second-order valence-corrected chi connectivity index (χ2v) is 6.40. The Morgan fingerprint density at radius 1 is 1.41 bits per heavy atom. The third kappa shape index (κ3) is 2.60. The summed E-state index contributed by atoms with van der Waals surface area (Å²) in [5.41, 5.74) is 0.896. The van der Waals surface area contributed by atoms with E-state index in [9.17, 15) is 19.1 Å². The van der Waals surface area contributed by atoms with E-state index in [0.717, 1.165) is 18.4 Å². The maximum atomic E-state index is 11.4. The first-order valence-electron chi connectivity index (χ1n) is 5.62. The van der Waals surface area contributed by atoms with Gasteiger partial charge in [-0.25, -0.2) is 0 Å². The van der Waals surface area contributed by atoms with Crippen molar-refractivity contribution >= 4 is 13.6 Å². The summed E-state index contributed by atoms with van der Waals surface area (Å²) in [4.78, 5) is 29.5. The minimum Gasteiger partial charge on any atom is -0.480 e. The maximum absolute atomic E-state index is 11.4. The van der Waals surface area contributed by atoms with Crippen LogP contribution in [0.15, 0.2) is 11.1 Å². The lowest BCUT2D eigenvalue weighted by Crippen LogP contribution is -2.44. The van der Waals surface area contributed by atoms with Gasteiger partial charge < -0.3 is 20.2 Å². The van der Waals surface area contributed by atoms with Gasteiger partial charge in [-0.05, 0) is 25.7 Å². The van der Waals surface area contributed by atoms with Gasteiger partial charge in [-0.15, -0.1) is 0 Å². The molecule has 0 aromatic carbocycles. The monoisotopic (exact) mass is 261 g/mol. The Kier molecular flexibility index (Phi) is 3.41. The van der Waals surface area contributed by atoms with E-state index in [1.165, 1.54) is 0 Å². The number of hydrogen-bond donors (Lipinski definition) is 4. The molecule has 7 heteroatoms. The average Bonchev–Trinajstić information content (AvgIpc) is 2.26. The second kappa shape index (κ2) is 4.53. The SMILES string of the molecule is O=C(O)C1CC2=C(CCCC2P(=O)(O)O)CN1. The summed E-state index contributed by atoms with van der Waals surface area (Å²) >= 11 is 0. The molecule has 0 spiro atoms. The molecule has 0 aromatic rings. The zero-order chi connectivity index (χ0) is 12.6. The van der Waals surface area contributed by atoms with Crippen molar-refractivity contribution in [2.45, 2.75) is 37.4 Å². The summed E-state index contributed by atoms with van der Waals surface area (Å²) in [5.74, 6) is -0.966. The second-order valence-electron chi connectivity index (χ2n) is 4.60. The lowest BCUT2D eigenvalue weighted by atomic mass is 9.85. The first kappa shape index (κ1) is 12.8. The highest BCUT2D eigenvalue weighted by Gasteiger charge is 2.39. The van der Waals surface area contributed by atoms with Gasteiger partial charge in [0.2, 0.25) is 0 Å². The summed E-state index contributed by atoms with van der Waals surface area (Å²) < 4.78 is 11.4. The molecule has 0 bridgehead atoms. The molecule has 6 nitrogen and oxygen atoms in total. The van der Waals surface area contributed by atoms with Crippen molar-refractivity contribution in [1.29, 1.82) is 0 Å². The average molecular weight is 261 g/mol. The van der Waals surface area contributed by atoms with Crippen molar-refractivity contribution in [2.75, 3.05) is 6.54 Å². The number of nitrogens with one attached hydrogen (secondary N) is 1. The van der Waals surface area contributed by atoms with Gasteiger partial charge in [-0.1, -0.05) is 11.1 Å². The molecule has 1 aliphatic carbocycles. The fourth-order valence-electron chi connectivity index (χ4n) is 2.65. The zero-order valence-electron chi connectivity index (χ0n) is 9.30. The molecule has 4 N–H and O–H groups in total. The predicted octanol–water partition coefficient (Wildman–Crippen LogP) is 0.460. The van der Waals surface area contributed by atoms with Crippen LogP contribution in [0.4, 0.5) is 0 Å². The van der Waals surface area contributed by atoms with Crippen LogP contribution in [0.1, 0.15) is 25.7 Å². The van der Waals surface area contributed by atoms with Gasteiger partial charge in [-0.3, -0.25) is 9.36 Å².